The summed E-state index contributed by atoms with van der Waals surface area (Å²) in [6.07, 6.45) is 2.66. The summed E-state index contributed by atoms with van der Waals surface area (Å²) < 4.78 is 21.6. The molecule has 0 bridgehead atoms. The molecule has 0 saturated heterocycles. The average molecular weight is 599 g/mol. The molecule has 3 aromatic rings. The number of ether oxygens (including phenoxy) is 1. The van der Waals surface area contributed by atoms with Crippen LogP contribution in [0.1, 0.15) is 54.5 Å². The fraction of sp³-hybridized carbons (Fsp3) is 0.484. The van der Waals surface area contributed by atoms with Crippen LogP contribution in [-0.2, 0) is 39.5 Å². The highest BCUT2D eigenvalue weighted by atomic mass is 32.2. The molecule has 4 rings (SSSR count). The Morgan fingerprint density at radius 3 is 2.62 bits per heavy atom. The number of amides is 1. The van der Waals surface area contributed by atoms with E-state index in [9.17, 15) is 23.9 Å². The highest BCUT2D eigenvalue weighted by molar-refractivity contribution is 7.98. The van der Waals surface area contributed by atoms with Gasteiger partial charge in [-0.05, 0) is 63.4 Å². The number of carbonyl (C=O) groups is 2. The van der Waals surface area contributed by atoms with Crippen molar-refractivity contribution in [2.24, 2.45) is 0 Å². The number of likely N-dealkylation sites (N-methyl/N-ethyl adjacent to an activating group) is 1. The summed E-state index contributed by atoms with van der Waals surface area (Å²) in [4.78, 5) is 46.6. The quantitative estimate of drug-likeness (QED) is 0.238. The monoisotopic (exact) mass is 598 g/mol. The molecule has 226 valence electrons. The van der Waals surface area contributed by atoms with Crippen LogP contribution < -0.4 is 10.9 Å². The number of nitrogens with zero attached hydrogens (tertiary/aromatic N) is 3. The number of fused-ring (bicyclic) bond motifs is 4. The summed E-state index contributed by atoms with van der Waals surface area (Å²) in [7, 11) is 3.74. The molecule has 1 atom stereocenters. The predicted octanol–water partition coefficient (Wildman–Crippen LogP) is 3.51. The Labute approximate surface area is 249 Å². The van der Waals surface area contributed by atoms with Gasteiger partial charge in [-0.2, -0.15) is 11.8 Å². The molecule has 2 aromatic heterocycles. The maximum atomic E-state index is 14.6. The Morgan fingerprint density at radius 1 is 1.24 bits per heavy atom. The summed E-state index contributed by atoms with van der Waals surface area (Å²) in [5, 5.41) is 15.5. The van der Waals surface area contributed by atoms with Gasteiger partial charge in [0, 0.05) is 41.4 Å². The molecule has 0 spiro atoms. The molecule has 11 heteroatoms. The van der Waals surface area contributed by atoms with Gasteiger partial charge in [-0.1, -0.05) is 13.8 Å². The third-order valence-electron chi connectivity index (χ3n) is 7.86. The number of aryl methyl sites for hydroxylation is 2. The first-order valence-corrected chi connectivity index (χ1v) is 15.5. The predicted molar refractivity (Wildman–Crippen MR) is 163 cm³/mol. The van der Waals surface area contributed by atoms with E-state index in [1.165, 1.54) is 22.4 Å². The van der Waals surface area contributed by atoms with Crippen LogP contribution in [0.25, 0.3) is 22.3 Å². The van der Waals surface area contributed by atoms with Crippen molar-refractivity contribution in [1.82, 2.24) is 19.8 Å². The molecule has 9 nitrogen and oxygen atoms in total. The number of hydrogen-bond acceptors (Lipinski definition) is 8. The van der Waals surface area contributed by atoms with Gasteiger partial charge in [-0.3, -0.25) is 14.4 Å². The molecule has 3 heterocycles. The van der Waals surface area contributed by atoms with E-state index >= 15 is 0 Å². The van der Waals surface area contributed by atoms with Crippen LogP contribution in [0.2, 0.25) is 0 Å². The van der Waals surface area contributed by atoms with Gasteiger partial charge in [0.1, 0.15) is 12.4 Å². The Kier molecular flexibility index (Phi) is 9.74. The lowest BCUT2D eigenvalue weighted by Gasteiger charge is -2.29. The van der Waals surface area contributed by atoms with Crippen LogP contribution in [0.15, 0.2) is 23.0 Å². The lowest BCUT2D eigenvalue weighted by atomic mass is 9.86. The van der Waals surface area contributed by atoms with Crippen LogP contribution in [0.4, 0.5) is 4.39 Å². The van der Waals surface area contributed by atoms with E-state index in [4.69, 9.17) is 9.72 Å². The van der Waals surface area contributed by atoms with Crippen molar-refractivity contribution in [3.05, 3.63) is 62.2 Å². The molecular weight excluding hydrogens is 559 g/mol. The van der Waals surface area contributed by atoms with E-state index in [-0.39, 0.29) is 49.5 Å². The van der Waals surface area contributed by atoms with Crippen LogP contribution in [-0.4, -0.2) is 70.6 Å². The highest BCUT2D eigenvalue weighted by Crippen LogP contribution is 2.39. The van der Waals surface area contributed by atoms with Gasteiger partial charge in [-0.25, -0.2) is 9.37 Å². The van der Waals surface area contributed by atoms with Gasteiger partial charge in [0.05, 0.1) is 35.4 Å². The van der Waals surface area contributed by atoms with Crippen molar-refractivity contribution >= 4 is 34.5 Å². The van der Waals surface area contributed by atoms with Crippen molar-refractivity contribution in [1.29, 1.82) is 0 Å². The zero-order valence-corrected chi connectivity index (χ0v) is 25.9. The van der Waals surface area contributed by atoms with E-state index in [0.717, 1.165) is 16.5 Å². The lowest BCUT2D eigenvalue weighted by Crippen LogP contribution is -2.47. The van der Waals surface area contributed by atoms with Crippen LogP contribution in [0.3, 0.4) is 0 Å². The van der Waals surface area contributed by atoms with Gasteiger partial charge in [-0.15, -0.1) is 0 Å². The molecule has 2 N–H and O–H groups in total. The number of esters is 1. The molecule has 0 radical (unpaired) electrons. The number of pyridine rings is 2. The number of halogens is 1. The van der Waals surface area contributed by atoms with Crippen molar-refractivity contribution in [3.63, 3.8) is 0 Å². The zero-order valence-electron chi connectivity index (χ0n) is 25.1. The van der Waals surface area contributed by atoms with Gasteiger partial charge in [0.25, 0.3) is 11.5 Å². The standard InChI is InChI=1S/C31H39FN4O5S/c1-7-19-20-13-18(3)24(32)15-25(20)34-28-21(19)16-36-26(28)14-23(22(29(36)38)17-41-27(37)9-12-42-6)31(40,8-2)30(39)33-10-11-35(4)5/h13-15,40H,7-12,16-17H2,1-6H3,(H,33,39)/t31-/m0/s1. The molecular formula is C31H39FN4O5S. The minimum absolute atomic E-state index is 0.0280. The first kappa shape index (κ1) is 31.7. The van der Waals surface area contributed by atoms with E-state index in [2.05, 4.69) is 5.32 Å². The number of benzene rings is 1. The molecule has 1 aliphatic heterocycles. The molecule has 0 unspecified atom stereocenters. The summed E-state index contributed by atoms with van der Waals surface area (Å²) in [6.45, 7) is 6.04. The lowest BCUT2D eigenvalue weighted by molar-refractivity contribution is -0.144. The summed E-state index contributed by atoms with van der Waals surface area (Å²) in [5.41, 5.74) is 1.28. The number of carbonyl (C=O) groups excluding carboxylic acids is 2. The fourth-order valence-corrected chi connectivity index (χ4v) is 5.79. The van der Waals surface area contributed by atoms with Crippen LogP contribution >= 0.6 is 11.8 Å². The number of thioether (sulfide) groups is 1. The number of aromatic nitrogens is 2. The molecule has 0 saturated carbocycles. The first-order valence-electron chi connectivity index (χ1n) is 14.2. The third kappa shape index (κ3) is 5.95. The summed E-state index contributed by atoms with van der Waals surface area (Å²) >= 11 is 1.50. The van der Waals surface area contributed by atoms with E-state index in [1.54, 1.807) is 26.0 Å². The Hall–Kier alpha value is -3.28. The second-order valence-electron chi connectivity index (χ2n) is 10.9. The Bertz CT molecular complexity index is 1590. The maximum Gasteiger partial charge on any atom is 0.306 e. The SMILES string of the molecule is CCc1c2c(nc3cc(F)c(C)cc13)-c1cc([C@@](O)(CC)C(=O)NCCN(C)C)c(COC(=O)CCSC)c(=O)n1C2. The van der Waals surface area contributed by atoms with E-state index in [0.29, 0.717) is 41.2 Å². The average Bonchev–Trinajstić information content (AvgIpc) is 3.32. The molecule has 1 aliphatic rings. The fourth-order valence-electron chi connectivity index (χ4n) is 5.42. The van der Waals surface area contributed by atoms with Crippen molar-refractivity contribution in [3.8, 4) is 11.4 Å². The molecule has 42 heavy (non-hydrogen) atoms. The Balaban J connectivity index is 1.90. The number of hydrogen-bond donors (Lipinski definition) is 2. The molecule has 1 amide bonds. The van der Waals surface area contributed by atoms with Gasteiger partial charge in [0.15, 0.2) is 5.60 Å². The van der Waals surface area contributed by atoms with Crippen molar-refractivity contribution in [2.75, 3.05) is 39.2 Å². The molecule has 1 aromatic carbocycles. The summed E-state index contributed by atoms with van der Waals surface area (Å²) in [6, 6.07) is 4.78. The van der Waals surface area contributed by atoms with E-state index in [1.807, 2.05) is 32.2 Å². The van der Waals surface area contributed by atoms with E-state index < -0.39 is 23.0 Å². The second-order valence-corrected chi connectivity index (χ2v) is 11.9. The highest BCUT2D eigenvalue weighted by Gasteiger charge is 2.41. The normalized spacial score (nSPS) is 13.6. The molecule has 0 aliphatic carbocycles. The van der Waals surface area contributed by atoms with Crippen molar-refractivity contribution in [2.45, 2.75) is 58.8 Å². The number of aliphatic hydroxyl groups is 1. The first-order chi connectivity index (χ1) is 20.0. The maximum absolute atomic E-state index is 14.6. The van der Waals surface area contributed by atoms with Gasteiger partial charge >= 0.3 is 5.97 Å². The number of rotatable bonds is 12. The van der Waals surface area contributed by atoms with Gasteiger partial charge in [0.2, 0.25) is 0 Å². The minimum atomic E-state index is -2.07. The van der Waals surface area contributed by atoms with Crippen molar-refractivity contribution < 1.29 is 23.8 Å². The number of nitrogens with one attached hydrogen (secondary N) is 1. The smallest absolute Gasteiger partial charge is 0.306 e. The van der Waals surface area contributed by atoms with Gasteiger partial charge < -0.3 is 24.6 Å². The largest absolute Gasteiger partial charge is 0.461 e. The second kappa shape index (κ2) is 12.9. The third-order valence-corrected chi connectivity index (χ3v) is 8.47. The van der Waals surface area contributed by atoms with Crippen LogP contribution in [0, 0.1) is 12.7 Å². The zero-order chi connectivity index (χ0) is 30.8. The summed E-state index contributed by atoms with van der Waals surface area (Å²) in [5.74, 6) is -0.933. The molecule has 0 fully saturated rings. The van der Waals surface area contributed by atoms with Crippen LogP contribution in [0.5, 0.6) is 0 Å². The topological polar surface area (TPSA) is 114 Å². The Morgan fingerprint density at radius 2 is 1.98 bits per heavy atom. The minimum Gasteiger partial charge on any atom is -0.461 e.